The molecule has 7 heteroatoms. The lowest BCUT2D eigenvalue weighted by Crippen LogP contribution is -2.58. The summed E-state index contributed by atoms with van der Waals surface area (Å²) in [7, 11) is 3.57. The van der Waals surface area contributed by atoms with Crippen molar-refractivity contribution in [3.05, 3.63) is 20.3 Å². The van der Waals surface area contributed by atoms with Crippen LogP contribution in [-0.2, 0) is 4.79 Å². The number of rotatable bonds is 3. The van der Waals surface area contributed by atoms with Gasteiger partial charge in [-0.15, -0.1) is 11.3 Å². The predicted molar refractivity (Wildman–Crippen MR) is 84.8 cm³/mol. The van der Waals surface area contributed by atoms with Crippen molar-refractivity contribution in [2.75, 3.05) is 33.7 Å². The third-order valence-corrected chi connectivity index (χ3v) is 5.16. The minimum absolute atomic E-state index is 0.0715. The zero-order chi connectivity index (χ0) is 14.9. The lowest BCUT2D eigenvalue weighted by atomic mass is 10.1. The first-order chi connectivity index (χ1) is 9.41. The summed E-state index contributed by atoms with van der Waals surface area (Å²) < 4.78 is 1.39. The molecule has 2 rings (SSSR count). The number of piperazine rings is 1. The number of halogens is 2. The number of nitrogens with one attached hydrogen (secondary N) is 1. The maximum atomic E-state index is 12.3. The topological polar surface area (TPSA) is 35.6 Å². The lowest BCUT2D eigenvalue weighted by molar-refractivity contribution is -0.136. The molecule has 0 aromatic carbocycles. The summed E-state index contributed by atoms with van der Waals surface area (Å²) in [6, 6.07) is 1.81. The van der Waals surface area contributed by atoms with E-state index in [1.54, 1.807) is 19.0 Å². The first-order valence-corrected chi connectivity index (χ1v) is 8.11. The van der Waals surface area contributed by atoms with Crippen LogP contribution < -0.4 is 5.32 Å². The lowest BCUT2D eigenvalue weighted by Gasteiger charge is -2.40. The van der Waals surface area contributed by atoms with Crippen LogP contribution in [0.2, 0.25) is 8.67 Å². The predicted octanol–water partition coefficient (Wildman–Crippen LogP) is 2.48. The Hall–Kier alpha value is -0.330. The highest BCUT2D eigenvalue weighted by Gasteiger charge is 2.34. The quantitative estimate of drug-likeness (QED) is 0.921. The van der Waals surface area contributed by atoms with Crippen molar-refractivity contribution < 1.29 is 4.79 Å². The molecule has 1 fully saturated rings. The Kier molecular flexibility index (Phi) is 5.31. The molecule has 1 amide bonds. The molecular weight excluding hydrogens is 317 g/mol. The minimum Gasteiger partial charge on any atom is -0.347 e. The van der Waals surface area contributed by atoms with Crippen LogP contribution in [0, 0.1) is 0 Å². The molecule has 1 aliphatic heterocycles. The van der Waals surface area contributed by atoms with Gasteiger partial charge < -0.3 is 10.2 Å². The molecule has 4 nitrogen and oxygen atoms in total. The van der Waals surface area contributed by atoms with Gasteiger partial charge in [0.2, 0.25) is 5.91 Å². The van der Waals surface area contributed by atoms with Crippen LogP contribution >= 0.6 is 34.5 Å². The number of carbonyl (C=O) groups is 1. The summed E-state index contributed by atoms with van der Waals surface area (Å²) in [4.78, 5) is 16.2. The Labute approximate surface area is 133 Å². The molecule has 112 valence electrons. The monoisotopic (exact) mass is 335 g/mol. The molecule has 1 N–H and O–H groups in total. The number of likely N-dealkylation sites (N-methyl/N-ethyl adjacent to an activating group) is 1. The van der Waals surface area contributed by atoms with E-state index in [-0.39, 0.29) is 18.0 Å². The molecule has 0 spiro atoms. The van der Waals surface area contributed by atoms with E-state index < -0.39 is 0 Å². The minimum atomic E-state index is -0.163. The molecule has 2 unspecified atom stereocenters. The third-order valence-electron chi connectivity index (χ3n) is 3.64. The highest BCUT2D eigenvalue weighted by Crippen LogP contribution is 2.37. The van der Waals surface area contributed by atoms with Crippen LogP contribution in [0.25, 0.3) is 0 Å². The van der Waals surface area contributed by atoms with E-state index >= 15 is 0 Å². The molecule has 1 aromatic rings. The Balaban J connectivity index is 2.23. The van der Waals surface area contributed by atoms with Crippen LogP contribution in [-0.4, -0.2) is 55.5 Å². The largest absolute Gasteiger partial charge is 0.347 e. The van der Waals surface area contributed by atoms with E-state index in [9.17, 15) is 4.79 Å². The zero-order valence-electron chi connectivity index (χ0n) is 11.8. The maximum Gasteiger partial charge on any atom is 0.240 e. The summed E-state index contributed by atoms with van der Waals surface area (Å²) in [6.45, 7) is 4.43. The van der Waals surface area contributed by atoms with Gasteiger partial charge >= 0.3 is 0 Å². The number of hydrogen-bond donors (Lipinski definition) is 1. The van der Waals surface area contributed by atoms with E-state index in [1.165, 1.54) is 11.3 Å². The summed E-state index contributed by atoms with van der Waals surface area (Å²) in [6.07, 6.45) is 0. The van der Waals surface area contributed by atoms with Crippen molar-refractivity contribution >= 4 is 40.4 Å². The average molecular weight is 336 g/mol. The van der Waals surface area contributed by atoms with Crippen molar-refractivity contribution in [2.24, 2.45) is 0 Å². The van der Waals surface area contributed by atoms with E-state index in [2.05, 4.69) is 17.1 Å². The number of carbonyl (C=O) groups excluding carboxylic acids is 1. The van der Waals surface area contributed by atoms with Gasteiger partial charge in [0.05, 0.1) is 8.67 Å². The molecule has 0 aliphatic carbocycles. The molecule has 2 atom stereocenters. The average Bonchev–Trinajstić information content (AvgIpc) is 2.76. The fourth-order valence-corrected chi connectivity index (χ4v) is 4.16. The van der Waals surface area contributed by atoms with Crippen LogP contribution in [0.3, 0.4) is 0 Å². The standard InChI is InChI=1S/C13H19Cl2N3OS/c1-8(9-6-11(14)20-12(9)15)18-5-4-16-7-10(18)13(19)17(2)3/h6,8,10,16H,4-5,7H2,1-3H3. The summed E-state index contributed by atoms with van der Waals surface area (Å²) in [5.74, 6) is 0.112. The van der Waals surface area contributed by atoms with Crippen LogP contribution in [0.1, 0.15) is 18.5 Å². The number of amides is 1. The Bertz CT molecular complexity index is 492. The molecule has 0 saturated carbocycles. The number of thiophene rings is 1. The van der Waals surface area contributed by atoms with Gasteiger partial charge in [-0.1, -0.05) is 23.2 Å². The molecule has 1 aromatic heterocycles. The maximum absolute atomic E-state index is 12.3. The van der Waals surface area contributed by atoms with E-state index in [0.29, 0.717) is 15.2 Å². The molecule has 0 bridgehead atoms. The Morgan fingerprint density at radius 3 is 2.80 bits per heavy atom. The van der Waals surface area contributed by atoms with Gasteiger partial charge in [0, 0.05) is 45.3 Å². The van der Waals surface area contributed by atoms with E-state index in [1.807, 2.05) is 6.07 Å². The van der Waals surface area contributed by atoms with E-state index in [0.717, 1.165) is 18.7 Å². The van der Waals surface area contributed by atoms with Crippen molar-refractivity contribution in [1.29, 1.82) is 0 Å². The molecule has 1 aliphatic rings. The van der Waals surface area contributed by atoms with Gasteiger partial charge in [-0.3, -0.25) is 9.69 Å². The third kappa shape index (κ3) is 3.28. The Morgan fingerprint density at radius 1 is 1.55 bits per heavy atom. The fourth-order valence-electron chi connectivity index (χ4n) is 2.53. The van der Waals surface area contributed by atoms with Crippen molar-refractivity contribution in [3.63, 3.8) is 0 Å². The van der Waals surface area contributed by atoms with E-state index in [4.69, 9.17) is 23.2 Å². The second-order valence-electron chi connectivity index (χ2n) is 5.15. The first kappa shape index (κ1) is 16.0. The fraction of sp³-hybridized carbons (Fsp3) is 0.615. The van der Waals surface area contributed by atoms with Gasteiger partial charge in [0.15, 0.2) is 0 Å². The van der Waals surface area contributed by atoms with Crippen LogP contribution in [0.15, 0.2) is 6.07 Å². The zero-order valence-corrected chi connectivity index (χ0v) is 14.1. The molecular formula is C13H19Cl2N3OS. The second kappa shape index (κ2) is 6.62. The van der Waals surface area contributed by atoms with Crippen molar-refractivity contribution in [1.82, 2.24) is 15.1 Å². The summed E-state index contributed by atoms with van der Waals surface area (Å²) in [5, 5.41) is 3.28. The normalized spacial score (nSPS) is 21.8. The van der Waals surface area contributed by atoms with Gasteiger partial charge in [-0.25, -0.2) is 0 Å². The molecule has 1 saturated heterocycles. The number of hydrogen-bond acceptors (Lipinski definition) is 4. The highest BCUT2D eigenvalue weighted by atomic mass is 35.5. The number of nitrogens with zero attached hydrogens (tertiary/aromatic N) is 2. The first-order valence-electron chi connectivity index (χ1n) is 6.54. The van der Waals surface area contributed by atoms with Gasteiger partial charge in [-0.05, 0) is 13.0 Å². The molecule has 2 heterocycles. The Morgan fingerprint density at radius 2 is 2.25 bits per heavy atom. The molecule has 0 radical (unpaired) electrons. The molecule has 20 heavy (non-hydrogen) atoms. The van der Waals surface area contributed by atoms with Crippen molar-refractivity contribution in [2.45, 2.75) is 19.0 Å². The van der Waals surface area contributed by atoms with Crippen molar-refractivity contribution in [3.8, 4) is 0 Å². The highest BCUT2D eigenvalue weighted by molar-refractivity contribution is 7.20. The smallest absolute Gasteiger partial charge is 0.240 e. The second-order valence-corrected chi connectivity index (χ2v) is 7.43. The van der Waals surface area contributed by atoms with Crippen LogP contribution in [0.5, 0.6) is 0 Å². The van der Waals surface area contributed by atoms with Gasteiger partial charge in [0.25, 0.3) is 0 Å². The summed E-state index contributed by atoms with van der Waals surface area (Å²) in [5.41, 5.74) is 1.00. The SMILES string of the molecule is CC(c1cc(Cl)sc1Cl)N1CCNCC1C(=O)N(C)C. The summed E-state index contributed by atoms with van der Waals surface area (Å²) >= 11 is 13.6. The van der Waals surface area contributed by atoms with Gasteiger partial charge in [-0.2, -0.15) is 0 Å². The van der Waals surface area contributed by atoms with Gasteiger partial charge in [0.1, 0.15) is 6.04 Å². The van der Waals surface area contributed by atoms with Crippen LogP contribution in [0.4, 0.5) is 0 Å².